The average molecular weight is 463 g/mol. The molecule has 6 nitrogen and oxygen atoms in total. The van der Waals surface area contributed by atoms with E-state index in [4.69, 9.17) is 0 Å². The van der Waals surface area contributed by atoms with Crippen molar-refractivity contribution in [2.24, 2.45) is 0 Å². The van der Waals surface area contributed by atoms with E-state index in [0.29, 0.717) is 8.95 Å². The fourth-order valence-corrected chi connectivity index (χ4v) is 6.95. The molecule has 2 atom stereocenters. The Morgan fingerprint density at radius 3 is 2.43 bits per heavy atom. The van der Waals surface area contributed by atoms with Crippen LogP contribution in [0.4, 0.5) is 0 Å². The molecule has 0 aromatic heterocycles. The molecule has 1 heterocycles. The van der Waals surface area contributed by atoms with Crippen LogP contribution in [0, 0.1) is 0 Å². The van der Waals surface area contributed by atoms with Crippen molar-refractivity contribution in [3.8, 4) is 0 Å². The molecule has 1 fully saturated rings. The first-order valence-corrected chi connectivity index (χ1v) is 10.7. The van der Waals surface area contributed by atoms with Gasteiger partial charge in [-0.05, 0) is 34.1 Å². The van der Waals surface area contributed by atoms with Gasteiger partial charge >= 0.3 is 0 Å². The smallest absolute Gasteiger partial charge is 0.244 e. The molecular weight excluding hydrogens is 450 g/mol. The van der Waals surface area contributed by atoms with Crippen molar-refractivity contribution in [2.75, 3.05) is 18.6 Å². The van der Waals surface area contributed by atoms with Gasteiger partial charge in [-0.25, -0.2) is 16.8 Å². The number of hydrogen-bond acceptors (Lipinski definition) is 5. The van der Waals surface area contributed by atoms with Crippen LogP contribution in [-0.2, 0) is 19.9 Å². The maximum atomic E-state index is 12.6. The van der Waals surface area contributed by atoms with Gasteiger partial charge < -0.3 is 5.11 Å². The summed E-state index contributed by atoms with van der Waals surface area (Å²) in [6, 6.07) is 3.70. The molecule has 118 valence electrons. The Bertz CT molecular complexity index is 763. The van der Waals surface area contributed by atoms with Crippen LogP contribution < -0.4 is 0 Å². The number of sulfonamides is 1. The minimum Gasteiger partial charge on any atom is -0.390 e. The van der Waals surface area contributed by atoms with Crippen molar-refractivity contribution < 1.29 is 21.9 Å². The Balaban J connectivity index is 2.42. The van der Waals surface area contributed by atoms with Crippen LogP contribution in [0.1, 0.15) is 0 Å². The Kier molecular flexibility index (Phi) is 4.87. The highest BCUT2D eigenvalue weighted by atomic mass is 79.9. The van der Waals surface area contributed by atoms with E-state index in [1.807, 2.05) is 0 Å². The quantitative estimate of drug-likeness (QED) is 0.723. The maximum Gasteiger partial charge on any atom is 0.244 e. The molecule has 0 amide bonds. The summed E-state index contributed by atoms with van der Waals surface area (Å²) in [4.78, 5) is 0.0101. The number of aliphatic hydroxyl groups excluding tert-OH is 1. The van der Waals surface area contributed by atoms with Gasteiger partial charge in [0.25, 0.3) is 0 Å². The van der Waals surface area contributed by atoms with Gasteiger partial charge in [-0.2, -0.15) is 4.31 Å². The second-order valence-corrected chi connectivity index (χ2v) is 10.7. The summed E-state index contributed by atoms with van der Waals surface area (Å²) < 4.78 is 50.2. The van der Waals surface area contributed by atoms with Gasteiger partial charge in [0.1, 0.15) is 0 Å². The predicted molar refractivity (Wildman–Crippen MR) is 85.2 cm³/mol. The van der Waals surface area contributed by atoms with Crippen LogP contribution in [0.5, 0.6) is 0 Å². The lowest BCUT2D eigenvalue weighted by molar-refractivity contribution is 0.137. The summed E-state index contributed by atoms with van der Waals surface area (Å²) in [7, 11) is -6.08. The molecule has 1 saturated heterocycles. The van der Waals surface area contributed by atoms with Crippen molar-refractivity contribution in [3.05, 3.63) is 27.1 Å². The average Bonchev–Trinajstić information content (AvgIpc) is 2.64. The summed E-state index contributed by atoms with van der Waals surface area (Å²) in [5, 5.41) is 9.82. The van der Waals surface area contributed by atoms with Crippen molar-refractivity contribution in [3.63, 3.8) is 0 Å². The summed E-state index contributed by atoms with van der Waals surface area (Å²) in [6.07, 6.45) is -1.22. The van der Waals surface area contributed by atoms with Crippen LogP contribution in [0.15, 0.2) is 32.0 Å². The molecule has 0 spiro atoms. The topological polar surface area (TPSA) is 91.8 Å². The van der Waals surface area contributed by atoms with Crippen LogP contribution in [-0.4, -0.2) is 56.9 Å². The zero-order valence-electron chi connectivity index (χ0n) is 10.9. The molecule has 1 aliphatic rings. The third-order valence-corrected chi connectivity index (χ3v) is 8.38. The van der Waals surface area contributed by atoms with Gasteiger partial charge in [0.05, 0.1) is 28.5 Å². The van der Waals surface area contributed by atoms with Gasteiger partial charge in [0.15, 0.2) is 9.84 Å². The Hall–Kier alpha value is -0.000000000000000111. The van der Waals surface area contributed by atoms with Gasteiger partial charge in [-0.3, -0.25) is 0 Å². The van der Waals surface area contributed by atoms with E-state index in [-0.39, 0.29) is 10.6 Å². The fourth-order valence-electron chi connectivity index (χ4n) is 2.17. The summed E-state index contributed by atoms with van der Waals surface area (Å²) >= 11 is 6.38. The molecule has 1 N–H and O–H groups in total. The second-order valence-electron chi connectivity index (χ2n) is 4.81. The van der Waals surface area contributed by atoms with E-state index >= 15 is 0 Å². The number of likely N-dealkylation sites (N-methyl/N-ethyl adjacent to an activating group) is 1. The molecule has 1 aliphatic heterocycles. The molecule has 1 aromatic rings. The third-order valence-electron chi connectivity index (χ3n) is 3.31. The van der Waals surface area contributed by atoms with Gasteiger partial charge in [-0.1, -0.05) is 15.9 Å². The number of halogens is 2. The molecule has 0 unspecified atom stereocenters. The number of hydrogen-bond donors (Lipinski definition) is 1. The highest BCUT2D eigenvalue weighted by molar-refractivity contribution is 9.11. The third kappa shape index (κ3) is 3.50. The van der Waals surface area contributed by atoms with Gasteiger partial charge in [-0.15, -0.1) is 0 Å². The molecular formula is C11H13Br2NO5S2. The summed E-state index contributed by atoms with van der Waals surface area (Å²) in [5.74, 6) is -0.799. The van der Waals surface area contributed by atoms with E-state index < -0.39 is 37.8 Å². The maximum absolute atomic E-state index is 12.6. The van der Waals surface area contributed by atoms with Gasteiger partial charge in [0.2, 0.25) is 10.0 Å². The molecule has 0 radical (unpaired) electrons. The molecule has 1 aromatic carbocycles. The minimum atomic E-state index is -3.93. The molecule has 10 heteroatoms. The van der Waals surface area contributed by atoms with Crippen LogP contribution in [0.25, 0.3) is 0 Å². The second kappa shape index (κ2) is 5.89. The molecule has 21 heavy (non-hydrogen) atoms. The number of benzene rings is 1. The van der Waals surface area contributed by atoms with Gasteiger partial charge in [0, 0.05) is 16.0 Å². The van der Waals surface area contributed by atoms with Crippen molar-refractivity contribution in [1.82, 2.24) is 4.31 Å². The Morgan fingerprint density at radius 2 is 1.90 bits per heavy atom. The highest BCUT2D eigenvalue weighted by Crippen LogP contribution is 2.30. The summed E-state index contributed by atoms with van der Waals surface area (Å²) in [5.41, 5.74) is 0. The minimum absolute atomic E-state index is 0.0101. The number of sulfone groups is 1. The van der Waals surface area contributed by atoms with E-state index in [9.17, 15) is 21.9 Å². The van der Waals surface area contributed by atoms with Crippen molar-refractivity contribution in [2.45, 2.75) is 17.0 Å². The van der Waals surface area contributed by atoms with E-state index in [1.54, 1.807) is 12.1 Å². The summed E-state index contributed by atoms with van der Waals surface area (Å²) in [6.45, 7) is 0. The van der Waals surface area contributed by atoms with E-state index in [1.165, 1.54) is 13.1 Å². The highest BCUT2D eigenvalue weighted by Gasteiger charge is 2.43. The van der Waals surface area contributed by atoms with Crippen LogP contribution in [0.2, 0.25) is 0 Å². The fraction of sp³-hybridized carbons (Fsp3) is 0.455. The van der Waals surface area contributed by atoms with E-state index in [0.717, 1.165) is 4.31 Å². The normalized spacial score (nSPS) is 25.4. The lowest BCUT2D eigenvalue weighted by Crippen LogP contribution is -2.44. The Morgan fingerprint density at radius 1 is 1.29 bits per heavy atom. The number of nitrogens with zero attached hydrogens (tertiary/aromatic N) is 1. The first-order chi connectivity index (χ1) is 9.54. The van der Waals surface area contributed by atoms with Crippen molar-refractivity contribution >= 4 is 51.7 Å². The lowest BCUT2D eigenvalue weighted by Gasteiger charge is -2.25. The predicted octanol–water partition coefficient (Wildman–Crippen LogP) is 0.990. The molecule has 0 bridgehead atoms. The zero-order chi connectivity index (χ0) is 16.0. The first-order valence-electron chi connectivity index (χ1n) is 5.86. The largest absolute Gasteiger partial charge is 0.390 e. The number of aliphatic hydroxyl groups is 1. The molecule has 2 rings (SSSR count). The molecule has 0 saturated carbocycles. The monoisotopic (exact) mass is 461 g/mol. The van der Waals surface area contributed by atoms with Crippen molar-refractivity contribution in [1.29, 1.82) is 0 Å². The lowest BCUT2D eigenvalue weighted by atomic mass is 10.2. The Labute approximate surface area is 140 Å². The standard InChI is InChI=1S/C11H13Br2NO5S2/c1-14(9-5-20(16,17)6-10(9)15)21(18,19)11-4-7(12)2-3-8(11)13/h2-4,9-10,15H,5-6H2,1H3/t9-,10-/m0/s1. The van der Waals surface area contributed by atoms with E-state index in [2.05, 4.69) is 31.9 Å². The van der Waals surface area contributed by atoms with Crippen LogP contribution in [0.3, 0.4) is 0 Å². The molecule has 0 aliphatic carbocycles. The van der Waals surface area contributed by atoms with Crippen LogP contribution >= 0.6 is 31.9 Å². The first kappa shape index (κ1) is 17.4. The SMILES string of the molecule is CN([C@H]1CS(=O)(=O)C[C@@H]1O)S(=O)(=O)c1cc(Br)ccc1Br. The zero-order valence-corrected chi connectivity index (χ0v) is 15.7. The number of rotatable bonds is 3.